The smallest absolute Gasteiger partial charge is 0.329 e. The zero-order valence-electron chi connectivity index (χ0n) is 16.5. The zero-order chi connectivity index (χ0) is 19.2. The Morgan fingerprint density at radius 3 is 2.42 bits per heavy atom. The summed E-state index contributed by atoms with van der Waals surface area (Å²) in [5.74, 6) is -0.766. The van der Waals surface area contributed by atoms with Gasteiger partial charge in [-0.2, -0.15) is 0 Å². The molecular formula is C21H33NO4. The second-order valence-corrected chi connectivity index (χ2v) is 8.18. The minimum Gasteiger partial charge on any atom is -0.460 e. The average molecular weight is 363 g/mol. The number of amides is 1. The maximum atomic E-state index is 12.6. The van der Waals surface area contributed by atoms with Crippen molar-refractivity contribution in [2.24, 2.45) is 11.3 Å². The molecule has 0 bridgehead atoms. The summed E-state index contributed by atoms with van der Waals surface area (Å²) >= 11 is 0. The van der Waals surface area contributed by atoms with Gasteiger partial charge in [0.15, 0.2) is 0 Å². The van der Waals surface area contributed by atoms with Crippen LogP contribution in [0.5, 0.6) is 0 Å². The average Bonchev–Trinajstić information content (AvgIpc) is 3.14. The summed E-state index contributed by atoms with van der Waals surface area (Å²) in [5.41, 5.74) is -0.698. The van der Waals surface area contributed by atoms with Gasteiger partial charge in [0.1, 0.15) is 12.6 Å². The Kier molecular flexibility index (Phi) is 7.42. The second kappa shape index (κ2) is 9.33. The highest BCUT2D eigenvalue weighted by atomic mass is 16.5. The van der Waals surface area contributed by atoms with Crippen LogP contribution in [0.1, 0.15) is 72.1 Å². The van der Waals surface area contributed by atoms with E-state index in [9.17, 15) is 14.4 Å². The molecule has 0 unspecified atom stereocenters. The van der Waals surface area contributed by atoms with E-state index in [4.69, 9.17) is 4.74 Å². The largest absolute Gasteiger partial charge is 0.460 e. The molecule has 1 saturated heterocycles. The zero-order valence-corrected chi connectivity index (χ0v) is 16.5. The van der Waals surface area contributed by atoms with Crippen molar-refractivity contribution in [2.75, 3.05) is 13.2 Å². The van der Waals surface area contributed by atoms with Crippen LogP contribution in [0.4, 0.5) is 0 Å². The summed E-state index contributed by atoms with van der Waals surface area (Å²) < 4.78 is 5.36. The van der Waals surface area contributed by atoms with Crippen LogP contribution in [0.2, 0.25) is 0 Å². The number of carbonyl (C=O) groups is 3. The fourth-order valence-electron chi connectivity index (χ4n) is 3.64. The normalized spacial score (nSPS) is 22.0. The van der Waals surface area contributed by atoms with E-state index < -0.39 is 29.1 Å². The van der Waals surface area contributed by atoms with Crippen molar-refractivity contribution in [1.29, 1.82) is 0 Å². The van der Waals surface area contributed by atoms with Gasteiger partial charge in [-0.15, -0.1) is 0 Å². The number of rotatable bonds is 7. The maximum absolute atomic E-state index is 12.6. The third-order valence-electron chi connectivity index (χ3n) is 5.86. The Hall–Kier alpha value is -1.65. The Morgan fingerprint density at radius 1 is 1.08 bits per heavy atom. The number of hydrogen-bond acceptors (Lipinski definition) is 4. The molecule has 0 spiro atoms. The first kappa shape index (κ1) is 20.7. The molecule has 2 fully saturated rings. The van der Waals surface area contributed by atoms with E-state index in [1.54, 1.807) is 13.8 Å². The molecule has 146 valence electrons. The Labute approximate surface area is 157 Å². The van der Waals surface area contributed by atoms with Gasteiger partial charge in [0.05, 0.1) is 0 Å². The lowest BCUT2D eigenvalue weighted by Crippen LogP contribution is -2.47. The highest BCUT2D eigenvalue weighted by molar-refractivity contribution is 6.38. The van der Waals surface area contributed by atoms with Gasteiger partial charge in [-0.1, -0.05) is 52.2 Å². The number of carbonyl (C=O) groups excluding carboxylic acids is 3. The van der Waals surface area contributed by atoms with Crippen molar-refractivity contribution < 1.29 is 19.1 Å². The van der Waals surface area contributed by atoms with Gasteiger partial charge in [0.2, 0.25) is 5.78 Å². The summed E-state index contributed by atoms with van der Waals surface area (Å²) in [6.07, 6.45) is 12.2. The molecule has 2 aliphatic rings. The van der Waals surface area contributed by atoms with Crippen LogP contribution < -0.4 is 0 Å². The van der Waals surface area contributed by atoms with Crippen molar-refractivity contribution in [1.82, 2.24) is 4.90 Å². The Morgan fingerprint density at radius 2 is 1.77 bits per heavy atom. The summed E-state index contributed by atoms with van der Waals surface area (Å²) in [6, 6.07) is -0.623. The first-order chi connectivity index (χ1) is 12.4. The Balaban J connectivity index is 1.86. The van der Waals surface area contributed by atoms with Crippen LogP contribution in [-0.4, -0.2) is 41.8 Å². The fraction of sp³-hybridized carbons (Fsp3) is 0.762. The topological polar surface area (TPSA) is 63.7 Å². The monoisotopic (exact) mass is 363 g/mol. The molecular weight excluding hydrogens is 330 g/mol. The number of likely N-dealkylation sites (tertiary alicyclic amines) is 1. The molecule has 1 aliphatic heterocycles. The molecule has 0 aromatic rings. The lowest BCUT2D eigenvalue weighted by atomic mass is 9.84. The molecule has 0 N–H and O–H groups in total. The van der Waals surface area contributed by atoms with Gasteiger partial charge in [-0.3, -0.25) is 9.59 Å². The van der Waals surface area contributed by atoms with Crippen LogP contribution in [0, 0.1) is 11.3 Å². The van der Waals surface area contributed by atoms with Crippen LogP contribution in [0.3, 0.4) is 0 Å². The third-order valence-corrected chi connectivity index (χ3v) is 5.86. The molecule has 5 heteroatoms. The first-order valence-electron chi connectivity index (χ1n) is 10.1. The summed E-state index contributed by atoms with van der Waals surface area (Å²) in [4.78, 5) is 38.8. The van der Waals surface area contributed by atoms with E-state index in [1.807, 2.05) is 13.0 Å². The quantitative estimate of drug-likeness (QED) is 0.393. The number of hydrogen-bond donors (Lipinski definition) is 0. The second-order valence-electron chi connectivity index (χ2n) is 8.18. The fourth-order valence-corrected chi connectivity index (χ4v) is 3.64. The molecule has 1 amide bonds. The van der Waals surface area contributed by atoms with Crippen molar-refractivity contribution in [3.05, 3.63) is 12.2 Å². The minimum atomic E-state index is -0.698. The highest BCUT2D eigenvalue weighted by Gasteiger charge is 2.41. The van der Waals surface area contributed by atoms with Crippen LogP contribution in [-0.2, 0) is 19.1 Å². The predicted octanol–water partition coefficient (Wildman–Crippen LogP) is 3.66. The van der Waals surface area contributed by atoms with E-state index in [0.29, 0.717) is 25.3 Å². The number of Topliss-reactive ketones (excluding diaryl/α,β-unsaturated/α-hetero) is 1. The highest BCUT2D eigenvalue weighted by Crippen LogP contribution is 2.26. The molecule has 1 atom stereocenters. The number of nitrogens with zero attached hydrogens (tertiary/aromatic N) is 1. The molecule has 0 radical (unpaired) electrons. The summed E-state index contributed by atoms with van der Waals surface area (Å²) in [6.45, 7) is 6.11. The lowest BCUT2D eigenvalue weighted by Gasteiger charge is -2.27. The van der Waals surface area contributed by atoms with Crippen molar-refractivity contribution in [3.8, 4) is 0 Å². The van der Waals surface area contributed by atoms with Crippen LogP contribution in [0.25, 0.3) is 0 Å². The number of esters is 1. The first-order valence-corrected chi connectivity index (χ1v) is 10.1. The van der Waals surface area contributed by atoms with E-state index >= 15 is 0 Å². The Bertz CT molecular complexity index is 546. The van der Waals surface area contributed by atoms with Gasteiger partial charge in [0.25, 0.3) is 5.91 Å². The van der Waals surface area contributed by atoms with Gasteiger partial charge < -0.3 is 9.64 Å². The molecule has 1 aliphatic carbocycles. The van der Waals surface area contributed by atoms with Crippen LogP contribution in [0.15, 0.2) is 12.2 Å². The van der Waals surface area contributed by atoms with E-state index in [1.165, 1.54) is 37.0 Å². The number of ether oxygens (including phenoxy) is 1. The van der Waals surface area contributed by atoms with Gasteiger partial charge in [0, 0.05) is 12.0 Å². The van der Waals surface area contributed by atoms with E-state index in [0.717, 1.165) is 6.42 Å². The maximum Gasteiger partial charge on any atom is 0.329 e. The molecule has 5 nitrogen and oxygen atoms in total. The van der Waals surface area contributed by atoms with Crippen LogP contribution >= 0.6 is 0 Å². The molecule has 1 heterocycles. The molecule has 2 rings (SSSR count). The van der Waals surface area contributed by atoms with Gasteiger partial charge in [-0.25, -0.2) is 4.79 Å². The van der Waals surface area contributed by atoms with Crippen molar-refractivity contribution in [3.63, 3.8) is 0 Å². The number of ketones is 1. The van der Waals surface area contributed by atoms with Crippen molar-refractivity contribution in [2.45, 2.75) is 78.2 Å². The number of allylic oxidation sites excluding steroid dienone is 1. The van der Waals surface area contributed by atoms with E-state index in [-0.39, 0.29) is 6.61 Å². The molecule has 26 heavy (non-hydrogen) atoms. The van der Waals surface area contributed by atoms with Gasteiger partial charge in [-0.05, 0) is 38.0 Å². The summed E-state index contributed by atoms with van der Waals surface area (Å²) in [7, 11) is 0. The third kappa shape index (κ3) is 5.18. The molecule has 0 aromatic carbocycles. The summed E-state index contributed by atoms with van der Waals surface area (Å²) in [5, 5.41) is 0. The standard InChI is InChI=1S/C21H33NO4/c1-4-21(2,3)18(23)19(24)22-14-8-13-17(22)20(25)26-15-9-12-16-10-6-5-7-11-16/h9,12,16-17H,4-8,10-11,13-15H2,1-3H3/t17-/m0/s1. The van der Waals surface area contributed by atoms with Gasteiger partial charge >= 0.3 is 5.97 Å². The molecule has 0 aromatic heterocycles. The minimum absolute atomic E-state index is 0.238. The molecule has 1 saturated carbocycles. The lowest BCUT2D eigenvalue weighted by molar-refractivity contribution is -0.156. The van der Waals surface area contributed by atoms with E-state index in [2.05, 4.69) is 6.08 Å². The SMILES string of the molecule is CCC(C)(C)C(=O)C(=O)N1CCC[C@H]1C(=O)OCC=CC1CCCCC1. The van der Waals surface area contributed by atoms with Crippen molar-refractivity contribution >= 4 is 17.7 Å². The predicted molar refractivity (Wildman–Crippen MR) is 100 cm³/mol.